The zero-order valence-electron chi connectivity index (χ0n) is 13.0. The van der Waals surface area contributed by atoms with Crippen LogP contribution in [0.4, 0.5) is 14.5 Å². The monoisotopic (exact) mass is 400 g/mol. The minimum Gasteiger partial charge on any atom is -0.268 e. The molecule has 1 atom stereocenters. The molecule has 0 saturated carbocycles. The number of carbonyl (C=O) groups excluding carboxylic acids is 1. The van der Waals surface area contributed by atoms with Crippen molar-refractivity contribution in [3.63, 3.8) is 0 Å². The van der Waals surface area contributed by atoms with Crippen LogP contribution in [0.2, 0.25) is 10.0 Å². The molecule has 0 N–H and O–H groups in total. The van der Waals surface area contributed by atoms with Crippen molar-refractivity contribution in [2.24, 2.45) is 4.99 Å². The normalized spacial score (nSPS) is 16.7. The van der Waals surface area contributed by atoms with Gasteiger partial charge in [0.05, 0.1) is 22.3 Å². The largest absolute Gasteiger partial charge is 0.268 e. The Hall–Kier alpha value is -1.63. The van der Waals surface area contributed by atoms with E-state index >= 15 is 0 Å². The van der Waals surface area contributed by atoms with Crippen molar-refractivity contribution in [3.05, 3.63) is 63.6 Å². The van der Waals surface area contributed by atoms with Gasteiger partial charge in [0.15, 0.2) is 16.8 Å². The third kappa shape index (κ3) is 3.81. The van der Waals surface area contributed by atoms with Gasteiger partial charge in [-0.1, -0.05) is 35.0 Å². The second kappa shape index (κ2) is 7.32. The maximum absolute atomic E-state index is 13.6. The summed E-state index contributed by atoms with van der Waals surface area (Å²) in [5.74, 6) is -2.12. The summed E-state index contributed by atoms with van der Waals surface area (Å²) in [7, 11) is 0. The molecule has 0 saturated heterocycles. The lowest BCUT2D eigenvalue weighted by Crippen LogP contribution is -2.35. The first-order chi connectivity index (χ1) is 11.9. The van der Waals surface area contributed by atoms with E-state index in [2.05, 4.69) is 4.99 Å². The summed E-state index contributed by atoms with van der Waals surface area (Å²) in [5.41, 5.74) is 0.369. The lowest BCUT2D eigenvalue weighted by Gasteiger charge is -2.22. The first-order valence-electron chi connectivity index (χ1n) is 7.32. The number of aliphatic imine (C=N–C) groups is 1. The number of nitrogens with zero attached hydrogens (tertiary/aromatic N) is 2. The number of benzene rings is 2. The molecular weight excluding hydrogens is 389 g/mol. The fourth-order valence-electron chi connectivity index (χ4n) is 2.29. The third-order valence-electron chi connectivity index (χ3n) is 3.50. The van der Waals surface area contributed by atoms with E-state index in [1.54, 1.807) is 24.3 Å². The average molecular weight is 401 g/mol. The Labute approximate surface area is 157 Å². The molecule has 0 aromatic heterocycles. The van der Waals surface area contributed by atoms with Crippen molar-refractivity contribution < 1.29 is 13.6 Å². The van der Waals surface area contributed by atoms with Gasteiger partial charge in [-0.15, -0.1) is 0 Å². The van der Waals surface area contributed by atoms with E-state index in [1.165, 1.54) is 16.7 Å². The molecule has 0 bridgehead atoms. The van der Waals surface area contributed by atoms with E-state index in [0.717, 1.165) is 17.9 Å². The summed E-state index contributed by atoms with van der Waals surface area (Å²) in [6.45, 7) is 1.93. The van der Waals surface area contributed by atoms with Gasteiger partial charge in [0, 0.05) is 10.8 Å². The van der Waals surface area contributed by atoms with E-state index in [4.69, 9.17) is 23.2 Å². The molecule has 0 radical (unpaired) electrons. The summed E-state index contributed by atoms with van der Waals surface area (Å²) in [6, 6.07) is 8.20. The van der Waals surface area contributed by atoms with Crippen LogP contribution in [-0.2, 0) is 0 Å². The smallest absolute Gasteiger partial charge is 0.266 e. The number of halogens is 4. The summed E-state index contributed by atoms with van der Waals surface area (Å²) < 4.78 is 26.9. The van der Waals surface area contributed by atoms with E-state index in [-0.39, 0.29) is 16.6 Å². The van der Waals surface area contributed by atoms with Crippen molar-refractivity contribution in [3.8, 4) is 0 Å². The summed E-state index contributed by atoms with van der Waals surface area (Å²) in [4.78, 5) is 18.8. The molecule has 0 fully saturated rings. The number of rotatable bonds is 2. The number of carbonyl (C=O) groups is 1. The number of thioether (sulfide) groups is 1. The first kappa shape index (κ1) is 18.2. The van der Waals surface area contributed by atoms with Crippen molar-refractivity contribution in [2.45, 2.75) is 13.0 Å². The van der Waals surface area contributed by atoms with Crippen LogP contribution in [0.3, 0.4) is 0 Å². The SMILES string of the molecule is CC1CSC(N(C(=O)c2cc(F)c(F)cc2Cl)c2ccc(Cl)cc2)=N1. The molecule has 1 amide bonds. The second-order valence-corrected chi connectivity index (χ2v) is 7.27. The van der Waals surface area contributed by atoms with Gasteiger partial charge >= 0.3 is 0 Å². The van der Waals surface area contributed by atoms with Crippen molar-refractivity contribution in [1.29, 1.82) is 0 Å². The van der Waals surface area contributed by atoms with E-state index < -0.39 is 17.5 Å². The molecule has 0 aliphatic carbocycles. The number of amides is 1. The van der Waals surface area contributed by atoms with E-state index in [0.29, 0.717) is 15.9 Å². The molecule has 1 unspecified atom stereocenters. The van der Waals surface area contributed by atoms with Gasteiger partial charge < -0.3 is 0 Å². The number of amidine groups is 1. The molecular formula is C17H12Cl2F2N2OS. The Balaban J connectivity index is 2.08. The zero-order chi connectivity index (χ0) is 18.1. The molecule has 1 heterocycles. The topological polar surface area (TPSA) is 32.7 Å². The highest BCUT2D eigenvalue weighted by molar-refractivity contribution is 8.14. The molecule has 3 nitrogen and oxygen atoms in total. The molecule has 2 aromatic rings. The van der Waals surface area contributed by atoms with E-state index in [1.807, 2.05) is 6.92 Å². The van der Waals surface area contributed by atoms with Crippen molar-refractivity contribution >= 4 is 51.7 Å². The van der Waals surface area contributed by atoms with Crippen molar-refractivity contribution in [1.82, 2.24) is 0 Å². The first-order valence-corrected chi connectivity index (χ1v) is 9.06. The van der Waals surface area contributed by atoms with Crippen LogP contribution in [0.5, 0.6) is 0 Å². The van der Waals surface area contributed by atoms with Crippen LogP contribution in [-0.4, -0.2) is 22.9 Å². The van der Waals surface area contributed by atoms with Crippen LogP contribution >= 0.6 is 35.0 Å². The maximum Gasteiger partial charge on any atom is 0.266 e. The van der Waals surface area contributed by atoms with Crippen LogP contribution in [0.15, 0.2) is 41.4 Å². The number of hydrogen-bond donors (Lipinski definition) is 0. The standard InChI is InChI=1S/C17H12Cl2F2N2OS/c1-9-8-25-17(22-9)23(11-4-2-10(18)3-5-11)16(24)12-6-14(20)15(21)7-13(12)19/h2-7,9H,8H2,1H3. The Morgan fingerprint density at radius 3 is 2.44 bits per heavy atom. The van der Waals surface area contributed by atoms with Crippen LogP contribution in [0.25, 0.3) is 0 Å². The molecule has 1 aliphatic rings. The minimum atomic E-state index is -1.14. The van der Waals surface area contributed by atoms with Gasteiger partial charge in [-0.25, -0.2) is 8.78 Å². The Bertz CT molecular complexity index is 858. The van der Waals surface area contributed by atoms with E-state index in [9.17, 15) is 13.6 Å². The van der Waals surface area contributed by atoms with Gasteiger partial charge in [0.2, 0.25) is 0 Å². The second-order valence-electron chi connectivity index (χ2n) is 5.43. The molecule has 1 aliphatic heterocycles. The lowest BCUT2D eigenvalue weighted by molar-refractivity contribution is 0.100. The van der Waals surface area contributed by atoms with Gasteiger partial charge in [0.1, 0.15) is 0 Å². The fraction of sp³-hybridized carbons (Fsp3) is 0.176. The zero-order valence-corrected chi connectivity index (χ0v) is 15.3. The predicted molar refractivity (Wildman–Crippen MR) is 99.0 cm³/mol. The van der Waals surface area contributed by atoms with Gasteiger partial charge in [-0.2, -0.15) is 0 Å². The summed E-state index contributed by atoms with van der Waals surface area (Å²) in [6.07, 6.45) is 0. The summed E-state index contributed by atoms with van der Waals surface area (Å²) in [5, 5.41) is 0.816. The molecule has 25 heavy (non-hydrogen) atoms. The Kier molecular flexibility index (Phi) is 5.32. The van der Waals surface area contributed by atoms with Crippen molar-refractivity contribution in [2.75, 3.05) is 10.7 Å². The maximum atomic E-state index is 13.6. The van der Waals surface area contributed by atoms with Crippen LogP contribution in [0.1, 0.15) is 17.3 Å². The number of hydrogen-bond acceptors (Lipinski definition) is 3. The molecule has 2 aromatic carbocycles. The Morgan fingerprint density at radius 1 is 1.20 bits per heavy atom. The highest BCUT2D eigenvalue weighted by Gasteiger charge is 2.29. The fourth-order valence-corrected chi connectivity index (χ4v) is 3.69. The lowest BCUT2D eigenvalue weighted by atomic mass is 10.1. The highest BCUT2D eigenvalue weighted by Crippen LogP contribution is 2.30. The molecule has 0 spiro atoms. The van der Waals surface area contributed by atoms with Gasteiger partial charge in [0.25, 0.3) is 5.91 Å². The summed E-state index contributed by atoms with van der Waals surface area (Å²) >= 11 is 13.3. The van der Waals surface area contributed by atoms with Gasteiger partial charge in [-0.3, -0.25) is 14.7 Å². The van der Waals surface area contributed by atoms with Gasteiger partial charge in [-0.05, 0) is 43.3 Å². The molecule has 8 heteroatoms. The quantitative estimate of drug-likeness (QED) is 0.631. The van der Waals surface area contributed by atoms with Crippen LogP contribution in [0, 0.1) is 11.6 Å². The average Bonchev–Trinajstić information content (AvgIpc) is 2.99. The number of anilines is 1. The minimum absolute atomic E-state index is 0.0445. The Morgan fingerprint density at radius 2 is 1.84 bits per heavy atom. The highest BCUT2D eigenvalue weighted by atomic mass is 35.5. The van der Waals surface area contributed by atoms with Crippen LogP contribution < -0.4 is 4.90 Å². The molecule has 3 rings (SSSR count). The third-order valence-corrected chi connectivity index (χ3v) is 5.26. The predicted octanol–water partition coefficient (Wildman–Crippen LogP) is 5.41. The molecule has 130 valence electrons.